The van der Waals surface area contributed by atoms with Crippen molar-refractivity contribution in [1.29, 1.82) is 0 Å². The number of ketones is 3. The smallest absolute Gasteiger partial charge is 0.337 e. The predicted octanol–water partition coefficient (Wildman–Crippen LogP) is 2.75. The Hall–Kier alpha value is -10.9. The van der Waals surface area contributed by atoms with Gasteiger partial charge in [-0.2, -0.15) is 0 Å². The van der Waals surface area contributed by atoms with Crippen LogP contribution in [0.15, 0.2) is 91.0 Å². The minimum Gasteiger partial charge on any atom is -0.508 e. The standard InChI is InChI=1S/C82H97Cl2N9O29/c1-34(2)19-48(90-5)80(113)93-69-53(100)23-40(26-61(86)102)79(112)92-67-39-24-58(74(59(25-39)118-56-14-10-38(70(69)105)22-46(56)84)122-81-75(73(108)72(107)60(32-94)120-81)121-64-31-82(4,89)76(109)35(3)116-64)117-55-13-9-37(21-45(55)83)51(98)30-62(103)91-68(44-27-41(95)28-52(99)65(44)43-20-36(8-12-49(43)96)42(77(87)110)29-54(67)101)50(97)7-6-16-114-17-18-115-33-63(104)119-57-15-11-47(85)71(106)66(57)78(88)111/h8-15,20-22,24-25,27-28,34-35,40,42,48,51,60,64,67-70,72-73,75-76,81,90,94-96,98-99,105-109H,6-7,16-19,23,26,29-33,85,89H2,1-5H3,(H2,86,102)(H2,87,110)(H2,88,111)(H,91,103)(H,92,112)(H,93,113)/t35-,40+,42-,48-,51+,60+,64-,67-,68-,69+,70-,72-,73+,75+,76-,81?,82+/m1/s1. The molecule has 0 aromatic heterocycles. The van der Waals surface area contributed by atoms with E-state index < -0.39 is 281 Å². The van der Waals surface area contributed by atoms with E-state index in [1.54, 1.807) is 0 Å². The van der Waals surface area contributed by atoms with Crippen molar-refractivity contribution in [3.8, 4) is 68.6 Å². The first-order valence-corrected chi connectivity index (χ1v) is 39.4. The second kappa shape index (κ2) is 40.4. The van der Waals surface area contributed by atoms with Crippen LogP contribution in [0.1, 0.15) is 147 Å². The molecule has 6 aromatic carbocycles. The number of fused-ring (bicyclic) bond motifs is 16. The highest BCUT2D eigenvalue weighted by molar-refractivity contribution is 6.32. The van der Waals surface area contributed by atoms with Gasteiger partial charge in [-0.05, 0) is 134 Å². The third kappa shape index (κ3) is 22.3. The van der Waals surface area contributed by atoms with Gasteiger partial charge in [0.1, 0.15) is 89.2 Å². The molecule has 1 unspecified atom stereocenters. The minimum absolute atomic E-state index is 0.0961. The van der Waals surface area contributed by atoms with E-state index in [4.69, 9.17) is 94.5 Å². The molecule has 0 radical (unpaired) electrons. The zero-order chi connectivity index (χ0) is 89.2. The Kier molecular flexibility index (Phi) is 30.9. The molecule has 658 valence electrons. The molecule has 6 aliphatic heterocycles. The summed E-state index contributed by atoms with van der Waals surface area (Å²) in [7, 11) is 1.49. The minimum atomic E-state index is -2.21. The number of hydrogen-bond acceptors (Lipinski definition) is 32. The van der Waals surface area contributed by atoms with Crippen LogP contribution >= 0.6 is 23.2 Å². The number of halogens is 2. The van der Waals surface area contributed by atoms with Gasteiger partial charge in [-0.15, -0.1) is 0 Å². The lowest BCUT2D eigenvalue weighted by Gasteiger charge is -2.47. The maximum absolute atomic E-state index is 16.2. The molecular formula is C82H97Cl2N9O29. The molecular weight excluding hydrogens is 1650 g/mol. The number of amides is 6. The third-order valence-electron chi connectivity index (χ3n) is 21.0. The Morgan fingerprint density at radius 2 is 1.39 bits per heavy atom. The van der Waals surface area contributed by atoms with Gasteiger partial charge in [-0.3, -0.25) is 43.2 Å². The SMILES string of the molecule is CN[C@H](CC(C)C)C(=O)N[C@H]1C(=O)C[C@@H](CC(N)=O)C(=O)N[C@H]2C(=O)C[C@@H](C(N)=O)c3ccc(O)c(c3)-c3c(O)cc(O)cc3[C@H](C(=O)CCCOCCOCC(=O)Oc3ccc(N)c(O)c3C(N)=O)NC(=O)C[C@H](O)c3ccc(c(Cl)c3)Oc3cc2cc(c3OC2O[C@@H](CO)[C@@H](O)[C@H](O)[C@@H]2O[C@@H]2C[C@](C)(N)[C@H](O)[C@@H](C)O2)Oc2ccc(cc2Cl)[C@H]1O. The zero-order valence-electron chi connectivity index (χ0n) is 66.5. The Labute approximate surface area is 707 Å². The highest BCUT2D eigenvalue weighted by atomic mass is 35.5. The molecule has 9 bridgehead atoms. The highest BCUT2D eigenvalue weighted by Gasteiger charge is 2.51. The van der Waals surface area contributed by atoms with Gasteiger partial charge in [0.2, 0.25) is 41.6 Å². The fourth-order valence-corrected chi connectivity index (χ4v) is 15.1. The number of rotatable bonds is 25. The zero-order valence-corrected chi connectivity index (χ0v) is 68.1. The number of nitrogen functional groups attached to an aromatic ring is 1. The number of likely N-dealkylation sites (N-methyl/N-ethyl adjacent to an activating group) is 1. The number of benzene rings is 6. The summed E-state index contributed by atoms with van der Waals surface area (Å²) in [6, 6.07) is 9.53. The number of ether oxygens (including phenoxy) is 9. The fraction of sp³-hybridized carbons (Fsp3) is 0.439. The Morgan fingerprint density at radius 3 is 2.01 bits per heavy atom. The number of anilines is 1. The van der Waals surface area contributed by atoms with Crippen molar-refractivity contribution in [1.82, 2.24) is 21.3 Å². The van der Waals surface area contributed by atoms with Gasteiger partial charge in [0.25, 0.3) is 5.91 Å². The maximum Gasteiger partial charge on any atom is 0.337 e. The summed E-state index contributed by atoms with van der Waals surface area (Å²) >= 11 is 14.3. The lowest BCUT2D eigenvalue weighted by Crippen LogP contribution is -2.64. The number of phenols is 4. The molecule has 6 aliphatic rings. The molecule has 2 fully saturated rings. The van der Waals surface area contributed by atoms with Crippen LogP contribution in [-0.2, 0) is 66.8 Å². The van der Waals surface area contributed by atoms with Crippen LogP contribution in [0.4, 0.5) is 5.69 Å². The Balaban J connectivity index is 1.11. The number of esters is 1. The van der Waals surface area contributed by atoms with Crippen molar-refractivity contribution < 1.29 is 142 Å². The van der Waals surface area contributed by atoms with Crippen molar-refractivity contribution in [2.45, 2.75) is 176 Å². The lowest BCUT2D eigenvalue weighted by atomic mass is 9.85. The summed E-state index contributed by atoms with van der Waals surface area (Å²) < 4.78 is 54.8. The molecule has 0 aliphatic carbocycles. The second-order valence-electron chi connectivity index (χ2n) is 30.7. The van der Waals surface area contributed by atoms with E-state index in [9.17, 15) is 84.6 Å². The largest absolute Gasteiger partial charge is 0.508 e. The molecule has 6 amide bonds. The van der Waals surface area contributed by atoms with Crippen LogP contribution in [0.2, 0.25) is 10.0 Å². The molecule has 6 aromatic rings. The molecule has 0 saturated carbocycles. The van der Waals surface area contributed by atoms with E-state index in [0.717, 1.165) is 60.7 Å². The summed E-state index contributed by atoms with van der Waals surface area (Å²) in [5.41, 5.74) is 25.2. The molecule has 6 heterocycles. The number of carbonyl (C=O) groups is 10. The van der Waals surface area contributed by atoms with Gasteiger partial charge < -0.3 is 144 Å². The summed E-state index contributed by atoms with van der Waals surface area (Å²) in [6.45, 7) is 4.35. The normalized spacial score (nSPS) is 25.5. The quantitative estimate of drug-likeness (QED) is 0.0129. The average molecular weight is 1740 g/mol. The number of phenolic OH excluding ortho intramolecular Hbond substituents is 3. The number of nitrogens with two attached hydrogens (primary N) is 5. The van der Waals surface area contributed by atoms with E-state index in [2.05, 4.69) is 21.3 Å². The van der Waals surface area contributed by atoms with E-state index in [1.807, 2.05) is 13.8 Å². The first-order valence-electron chi connectivity index (χ1n) is 38.6. The summed E-state index contributed by atoms with van der Waals surface area (Å²) in [6.07, 6.45) is -21.7. The van der Waals surface area contributed by atoms with Crippen molar-refractivity contribution in [3.05, 3.63) is 134 Å². The number of aliphatic hydroxyl groups excluding tert-OH is 6. The van der Waals surface area contributed by atoms with E-state index in [1.165, 1.54) is 51.2 Å². The second-order valence-corrected chi connectivity index (χ2v) is 31.5. The van der Waals surface area contributed by atoms with Gasteiger partial charge in [0.05, 0.1) is 78.2 Å². The Morgan fingerprint density at radius 1 is 0.730 bits per heavy atom. The van der Waals surface area contributed by atoms with Crippen LogP contribution in [-0.4, -0.2) is 217 Å². The molecule has 40 heteroatoms. The lowest BCUT2D eigenvalue weighted by molar-refractivity contribution is -0.333. The number of nitrogens with one attached hydrogen (secondary N) is 4. The van der Waals surface area contributed by atoms with Crippen LogP contribution in [0, 0.1) is 11.8 Å². The topological polar surface area (TPSA) is 634 Å². The number of hydrogen-bond donors (Lipinski definition) is 19. The monoisotopic (exact) mass is 1740 g/mol. The molecule has 12 rings (SSSR count). The van der Waals surface area contributed by atoms with E-state index in [-0.39, 0.29) is 88.9 Å². The summed E-state index contributed by atoms with van der Waals surface area (Å²) in [5, 5.41) is 125. The number of carbonyl (C=O) groups excluding carboxylic acids is 10. The van der Waals surface area contributed by atoms with Crippen molar-refractivity contribution in [3.63, 3.8) is 0 Å². The van der Waals surface area contributed by atoms with Crippen molar-refractivity contribution in [2.75, 3.05) is 45.8 Å². The van der Waals surface area contributed by atoms with E-state index in [0.29, 0.717) is 0 Å². The van der Waals surface area contributed by atoms with Crippen LogP contribution in [0.25, 0.3) is 11.1 Å². The van der Waals surface area contributed by atoms with Crippen LogP contribution in [0.5, 0.6) is 57.5 Å². The van der Waals surface area contributed by atoms with Gasteiger partial charge in [-0.25, -0.2) is 4.79 Å². The van der Waals surface area contributed by atoms with Crippen molar-refractivity contribution >= 4 is 87.7 Å². The predicted molar refractivity (Wildman–Crippen MR) is 429 cm³/mol. The third-order valence-corrected chi connectivity index (χ3v) is 21.5. The molecule has 0 spiro atoms. The fourth-order valence-electron chi connectivity index (χ4n) is 14.6. The average Bonchev–Trinajstić information content (AvgIpc) is 0.767. The molecule has 2 saturated heterocycles. The van der Waals surface area contributed by atoms with E-state index >= 15 is 14.4 Å². The van der Waals surface area contributed by atoms with Crippen molar-refractivity contribution in [2.24, 2.45) is 34.8 Å². The number of Topliss-reactive ketones (excluding diaryl/α,β-unsaturated/α-hetero) is 3. The number of aliphatic hydroxyl groups is 6. The van der Waals surface area contributed by atoms with Gasteiger partial charge in [-0.1, -0.05) is 55.2 Å². The van der Waals surface area contributed by atoms with Gasteiger partial charge in [0.15, 0.2) is 47.0 Å². The number of primary amides is 3. The molecule has 122 heavy (non-hydrogen) atoms. The highest BCUT2D eigenvalue weighted by Crippen LogP contribution is 2.51. The van der Waals surface area contributed by atoms with Crippen LogP contribution in [0.3, 0.4) is 0 Å². The Bertz CT molecular complexity index is 4940. The molecule has 24 N–H and O–H groups in total. The summed E-state index contributed by atoms with van der Waals surface area (Å²) in [4.78, 5) is 143. The number of aromatic hydroxyl groups is 4. The molecule has 38 nitrogen and oxygen atoms in total. The van der Waals surface area contributed by atoms with Crippen LogP contribution < -0.4 is 68.9 Å². The first kappa shape index (κ1) is 93.3. The van der Waals surface area contributed by atoms with Gasteiger partial charge >= 0.3 is 5.97 Å². The van der Waals surface area contributed by atoms with Gasteiger partial charge in [0, 0.05) is 61.4 Å². The maximum atomic E-state index is 16.2. The summed E-state index contributed by atoms with van der Waals surface area (Å²) in [5.74, 6) is -20.7. The first-order chi connectivity index (χ1) is 57.7. The molecule has 17 atom stereocenters.